The van der Waals surface area contributed by atoms with Gasteiger partial charge in [-0.15, -0.1) is 0 Å². The van der Waals surface area contributed by atoms with E-state index in [0.29, 0.717) is 13.1 Å². The summed E-state index contributed by atoms with van der Waals surface area (Å²) in [6, 6.07) is 2.39. The minimum atomic E-state index is -4.41. The van der Waals surface area contributed by atoms with E-state index in [-0.39, 0.29) is 24.3 Å². The number of pyridine rings is 1. The van der Waals surface area contributed by atoms with Gasteiger partial charge in [0.25, 0.3) is 0 Å². The Kier molecular flexibility index (Phi) is 5.30. The second-order valence-electron chi connectivity index (χ2n) is 6.84. The number of halogens is 3. The van der Waals surface area contributed by atoms with Gasteiger partial charge in [-0.25, -0.2) is 4.98 Å². The molecule has 0 spiro atoms. The summed E-state index contributed by atoms with van der Waals surface area (Å²) in [6.07, 6.45) is 0.594. The molecular weight excluding hydrogens is 319 g/mol. The first kappa shape index (κ1) is 17.5. The molecule has 2 saturated heterocycles. The molecule has 2 aliphatic rings. The zero-order chi connectivity index (χ0) is 17.2. The van der Waals surface area contributed by atoms with Gasteiger partial charge in [0.2, 0.25) is 0 Å². The molecule has 0 aliphatic carbocycles. The average molecular weight is 343 g/mol. The van der Waals surface area contributed by atoms with Gasteiger partial charge >= 0.3 is 6.18 Å². The molecule has 0 bridgehead atoms. The molecule has 2 aliphatic heterocycles. The summed E-state index contributed by atoms with van der Waals surface area (Å²) in [5.74, 6) is 0.163. The van der Waals surface area contributed by atoms with Crippen LogP contribution in [0.1, 0.15) is 24.8 Å². The second kappa shape index (κ2) is 7.27. The summed E-state index contributed by atoms with van der Waals surface area (Å²) in [5, 5.41) is 9.67. The largest absolute Gasteiger partial charge is 0.419 e. The van der Waals surface area contributed by atoms with E-state index in [1.54, 1.807) is 4.90 Å². The van der Waals surface area contributed by atoms with Crippen LogP contribution in [0.25, 0.3) is 0 Å². The van der Waals surface area contributed by atoms with Crippen molar-refractivity contribution in [2.45, 2.75) is 25.4 Å². The molecule has 134 valence electrons. The summed E-state index contributed by atoms with van der Waals surface area (Å²) in [5.41, 5.74) is -0.694. The molecule has 0 unspecified atom stereocenters. The van der Waals surface area contributed by atoms with Crippen LogP contribution in [-0.2, 0) is 6.18 Å². The van der Waals surface area contributed by atoms with Crippen molar-refractivity contribution in [3.63, 3.8) is 0 Å². The summed E-state index contributed by atoms with van der Waals surface area (Å²) in [7, 11) is 0. The van der Waals surface area contributed by atoms with Crippen molar-refractivity contribution in [3.8, 4) is 0 Å². The van der Waals surface area contributed by atoms with Crippen molar-refractivity contribution in [1.82, 2.24) is 9.88 Å². The van der Waals surface area contributed by atoms with Gasteiger partial charge in [-0.2, -0.15) is 13.2 Å². The summed E-state index contributed by atoms with van der Waals surface area (Å²) in [4.78, 5) is 8.06. The maximum Gasteiger partial charge on any atom is 0.419 e. The third kappa shape index (κ3) is 3.83. The van der Waals surface area contributed by atoms with E-state index in [1.165, 1.54) is 31.5 Å². The van der Waals surface area contributed by atoms with E-state index in [2.05, 4.69) is 9.88 Å². The topological polar surface area (TPSA) is 39.6 Å². The average Bonchev–Trinajstić information content (AvgIpc) is 2.98. The number of hydrogen-bond acceptors (Lipinski definition) is 4. The normalized spacial score (nSPS) is 26.1. The van der Waals surface area contributed by atoms with Crippen molar-refractivity contribution in [1.29, 1.82) is 0 Å². The standard InChI is InChI=1S/C17H24F3N3O/c18-17(19,20)15-5-4-6-21-16(15)23-10-13(14(11-23)12-24)9-22-7-2-1-3-8-22/h4-6,13-14,24H,1-3,7-12H2/t13-,14-/m0/s1. The molecule has 1 aromatic rings. The lowest BCUT2D eigenvalue weighted by molar-refractivity contribution is -0.137. The van der Waals surface area contributed by atoms with Crippen molar-refractivity contribution in [3.05, 3.63) is 23.9 Å². The Morgan fingerprint density at radius 3 is 2.50 bits per heavy atom. The third-order valence-electron chi connectivity index (χ3n) is 5.14. The molecule has 0 saturated carbocycles. The smallest absolute Gasteiger partial charge is 0.396 e. The van der Waals surface area contributed by atoms with Gasteiger partial charge in [0.1, 0.15) is 5.82 Å². The van der Waals surface area contributed by atoms with Crippen molar-refractivity contribution < 1.29 is 18.3 Å². The van der Waals surface area contributed by atoms with Gasteiger partial charge < -0.3 is 14.9 Å². The Bertz CT molecular complexity index is 546. The van der Waals surface area contributed by atoms with Crippen LogP contribution in [0.15, 0.2) is 18.3 Å². The summed E-state index contributed by atoms with van der Waals surface area (Å²) < 4.78 is 39.7. The summed E-state index contributed by atoms with van der Waals surface area (Å²) in [6.45, 7) is 3.88. The molecule has 0 amide bonds. The Labute approximate surface area is 140 Å². The maximum absolute atomic E-state index is 13.2. The lowest BCUT2D eigenvalue weighted by Gasteiger charge is -2.30. The molecule has 3 rings (SSSR count). The highest BCUT2D eigenvalue weighted by Crippen LogP contribution is 2.38. The van der Waals surface area contributed by atoms with Gasteiger partial charge in [-0.1, -0.05) is 6.42 Å². The number of piperidine rings is 1. The molecule has 2 atom stereocenters. The lowest BCUT2D eigenvalue weighted by Crippen LogP contribution is -2.37. The molecule has 1 N–H and O–H groups in total. The fourth-order valence-electron chi connectivity index (χ4n) is 3.87. The van der Waals surface area contributed by atoms with Crippen LogP contribution in [0, 0.1) is 11.8 Å². The van der Waals surface area contributed by atoms with Crippen LogP contribution >= 0.6 is 0 Å². The predicted octanol–water partition coefficient (Wildman–Crippen LogP) is 2.63. The minimum absolute atomic E-state index is 0.00317. The van der Waals surface area contributed by atoms with Crippen LogP contribution in [0.3, 0.4) is 0 Å². The number of aliphatic hydroxyl groups is 1. The van der Waals surface area contributed by atoms with Gasteiger partial charge in [0.05, 0.1) is 5.56 Å². The Morgan fingerprint density at radius 2 is 1.83 bits per heavy atom. The van der Waals surface area contributed by atoms with Gasteiger partial charge in [0.15, 0.2) is 0 Å². The highest BCUT2D eigenvalue weighted by Gasteiger charge is 2.40. The van der Waals surface area contributed by atoms with E-state index < -0.39 is 11.7 Å². The van der Waals surface area contributed by atoms with Gasteiger partial charge in [-0.05, 0) is 44.0 Å². The van der Waals surface area contributed by atoms with Crippen LogP contribution in [-0.4, -0.2) is 54.3 Å². The number of anilines is 1. The fourth-order valence-corrected chi connectivity index (χ4v) is 3.87. The number of rotatable bonds is 4. The van der Waals surface area contributed by atoms with Crippen LogP contribution in [0.4, 0.5) is 19.0 Å². The molecule has 4 nitrogen and oxygen atoms in total. The molecule has 1 aromatic heterocycles. The number of aromatic nitrogens is 1. The predicted molar refractivity (Wildman–Crippen MR) is 85.8 cm³/mol. The number of nitrogens with zero attached hydrogens (tertiary/aromatic N) is 3. The zero-order valence-electron chi connectivity index (χ0n) is 13.7. The fraction of sp³-hybridized carbons (Fsp3) is 0.706. The van der Waals surface area contributed by atoms with Crippen molar-refractivity contribution in [2.75, 3.05) is 44.2 Å². The monoisotopic (exact) mass is 343 g/mol. The van der Waals surface area contributed by atoms with Gasteiger partial charge in [0, 0.05) is 38.4 Å². The Balaban J connectivity index is 1.74. The number of alkyl halides is 3. The van der Waals surface area contributed by atoms with Gasteiger partial charge in [-0.3, -0.25) is 0 Å². The maximum atomic E-state index is 13.2. The lowest BCUT2D eigenvalue weighted by atomic mass is 9.95. The highest BCUT2D eigenvalue weighted by atomic mass is 19.4. The zero-order valence-corrected chi connectivity index (χ0v) is 13.7. The number of aliphatic hydroxyl groups excluding tert-OH is 1. The number of hydrogen-bond donors (Lipinski definition) is 1. The molecule has 2 fully saturated rings. The molecule has 0 radical (unpaired) electrons. The van der Waals surface area contributed by atoms with E-state index in [0.717, 1.165) is 25.7 Å². The first-order valence-corrected chi connectivity index (χ1v) is 8.59. The first-order chi connectivity index (χ1) is 11.5. The third-order valence-corrected chi connectivity index (χ3v) is 5.14. The first-order valence-electron chi connectivity index (χ1n) is 8.59. The minimum Gasteiger partial charge on any atom is -0.396 e. The van der Waals surface area contributed by atoms with Crippen LogP contribution in [0.5, 0.6) is 0 Å². The quantitative estimate of drug-likeness (QED) is 0.912. The van der Waals surface area contributed by atoms with Crippen LogP contribution in [0.2, 0.25) is 0 Å². The van der Waals surface area contributed by atoms with E-state index in [9.17, 15) is 18.3 Å². The second-order valence-corrected chi connectivity index (χ2v) is 6.84. The molecule has 24 heavy (non-hydrogen) atoms. The van der Waals surface area contributed by atoms with E-state index in [1.807, 2.05) is 0 Å². The molecule has 7 heteroatoms. The summed E-state index contributed by atoms with van der Waals surface area (Å²) >= 11 is 0. The van der Waals surface area contributed by atoms with Crippen molar-refractivity contribution in [2.24, 2.45) is 11.8 Å². The van der Waals surface area contributed by atoms with Crippen molar-refractivity contribution >= 4 is 5.82 Å². The SMILES string of the molecule is OC[C@@H]1CN(c2ncccc2C(F)(F)F)C[C@@H]1CN1CCCCC1. The van der Waals surface area contributed by atoms with Crippen LogP contribution < -0.4 is 4.90 Å². The van der Waals surface area contributed by atoms with E-state index >= 15 is 0 Å². The highest BCUT2D eigenvalue weighted by molar-refractivity contribution is 5.49. The Morgan fingerprint density at radius 1 is 1.12 bits per heavy atom. The molecule has 3 heterocycles. The molecular formula is C17H24F3N3O. The molecule has 0 aromatic carbocycles. The van der Waals surface area contributed by atoms with E-state index in [4.69, 9.17) is 0 Å². The Hall–Kier alpha value is -1.34. The number of likely N-dealkylation sites (tertiary alicyclic amines) is 1.